The number of carbonyl (C=O) groups is 1. The summed E-state index contributed by atoms with van der Waals surface area (Å²) in [6.45, 7) is 5.93. The number of carboxylic acids is 1. The molecule has 1 aliphatic carbocycles. The van der Waals surface area contributed by atoms with E-state index >= 15 is 0 Å². The Balaban J connectivity index is 1.20. The van der Waals surface area contributed by atoms with Gasteiger partial charge in [0.1, 0.15) is 5.75 Å². The number of aliphatic hydroxyl groups excluding tert-OH is 1. The summed E-state index contributed by atoms with van der Waals surface area (Å²) in [6.07, 6.45) is 5.35. The second-order valence-corrected chi connectivity index (χ2v) is 11.0. The standard InChI is InChI=1S/C31H38N2O4/c1-19-5-4-6-20(2)30(19)22-15-23(16-22)33-14-12-21(27(18-33)31(35)36)7-10-29(34)25-11-13-32-28-9-8-24(37-3)17-26(25)28/h4-6,8-9,11,13,17,21-23,27,29,34H,7,10,12,14-16,18H2,1-3H3,(H,35,36)/t21-,22?,23?,27+,29?/m1/s1. The monoisotopic (exact) mass is 502 g/mol. The second-order valence-electron chi connectivity index (χ2n) is 11.0. The number of rotatable bonds is 8. The molecule has 1 aromatic heterocycles. The Kier molecular flexibility index (Phi) is 7.50. The van der Waals surface area contributed by atoms with Crippen molar-refractivity contribution < 1.29 is 19.7 Å². The predicted molar refractivity (Wildman–Crippen MR) is 145 cm³/mol. The summed E-state index contributed by atoms with van der Waals surface area (Å²) in [5.74, 6) is 0.267. The number of benzene rings is 2. The topological polar surface area (TPSA) is 82.9 Å². The Morgan fingerprint density at radius 1 is 1.16 bits per heavy atom. The highest BCUT2D eigenvalue weighted by Crippen LogP contribution is 2.44. The van der Waals surface area contributed by atoms with E-state index in [0.717, 1.165) is 48.0 Å². The fraction of sp³-hybridized carbons (Fsp3) is 0.484. The zero-order valence-corrected chi connectivity index (χ0v) is 22.1. The van der Waals surface area contributed by atoms with Crippen LogP contribution in [0.2, 0.25) is 0 Å². The Morgan fingerprint density at radius 3 is 2.62 bits per heavy atom. The number of carboxylic acid groups (broad SMARTS) is 1. The molecule has 1 saturated heterocycles. The SMILES string of the molecule is COc1ccc2nccc(C(O)CC[C@@H]3CCN(C4CC(c5c(C)cccc5C)C4)C[C@@H]3C(=O)O)c2c1. The van der Waals surface area contributed by atoms with Crippen molar-refractivity contribution in [3.63, 3.8) is 0 Å². The highest BCUT2D eigenvalue weighted by Gasteiger charge is 2.41. The summed E-state index contributed by atoms with van der Waals surface area (Å²) in [7, 11) is 1.62. The van der Waals surface area contributed by atoms with Crippen LogP contribution in [-0.2, 0) is 4.79 Å². The van der Waals surface area contributed by atoms with E-state index in [9.17, 15) is 15.0 Å². The molecule has 2 aliphatic rings. The largest absolute Gasteiger partial charge is 0.497 e. The van der Waals surface area contributed by atoms with E-state index < -0.39 is 18.0 Å². The molecular weight excluding hydrogens is 464 g/mol. The van der Waals surface area contributed by atoms with Crippen LogP contribution in [0.25, 0.3) is 10.9 Å². The first kappa shape index (κ1) is 25.7. The Morgan fingerprint density at radius 2 is 1.92 bits per heavy atom. The van der Waals surface area contributed by atoms with Crippen LogP contribution in [0.3, 0.4) is 0 Å². The molecule has 0 radical (unpaired) electrons. The highest BCUT2D eigenvalue weighted by atomic mass is 16.5. The van der Waals surface area contributed by atoms with E-state index in [-0.39, 0.29) is 5.92 Å². The Bertz CT molecular complexity index is 1250. The van der Waals surface area contributed by atoms with Gasteiger partial charge in [-0.25, -0.2) is 0 Å². The number of nitrogens with zero attached hydrogens (tertiary/aromatic N) is 2. The minimum atomic E-state index is -0.714. The number of hydrogen-bond acceptors (Lipinski definition) is 5. The summed E-state index contributed by atoms with van der Waals surface area (Å²) < 4.78 is 5.36. The molecule has 2 fully saturated rings. The van der Waals surface area contributed by atoms with Gasteiger partial charge >= 0.3 is 5.97 Å². The lowest BCUT2D eigenvalue weighted by atomic mass is 9.71. The van der Waals surface area contributed by atoms with Crippen molar-refractivity contribution in [3.8, 4) is 5.75 Å². The third kappa shape index (κ3) is 5.23. The lowest BCUT2D eigenvalue weighted by molar-refractivity contribution is -0.147. The van der Waals surface area contributed by atoms with Crippen molar-refractivity contribution in [1.82, 2.24) is 9.88 Å². The lowest BCUT2D eigenvalue weighted by Gasteiger charge is -2.48. The molecule has 0 bridgehead atoms. The minimum Gasteiger partial charge on any atom is -0.497 e. The number of methoxy groups -OCH3 is 1. The van der Waals surface area contributed by atoms with E-state index in [4.69, 9.17) is 4.74 Å². The van der Waals surface area contributed by atoms with Crippen LogP contribution in [0.4, 0.5) is 0 Å². The number of likely N-dealkylation sites (tertiary alicyclic amines) is 1. The summed E-state index contributed by atoms with van der Waals surface area (Å²) in [5, 5.41) is 22.0. The molecule has 3 atom stereocenters. The molecule has 37 heavy (non-hydrogen) atoms. The fourth-order valence-corrected chi connectivity index (χ4v) is 6.67. The van der Waals surface area contributed by atoms with Gasteiger partial charge in [-0.15, -0.1) is 0 Å². The fourth-order valence-electron chi connectivity index (χ4n) is 6.67. The van der Waals surface area contributed by atoms with Crippen LogP contribution in [0.5, 0.6) is 5.75 Å². The number of fused-ring (bicyclic) bond motifs is 1. The summed E-state index contributed by atoms with van der Waals surface area (Å²) in [5.41, 5.74) is 5.85. The zero-order chi connectivity index (χ0) is 26.1. The first-order valence-corrected chi connectivity index (χ1v) is 13.5. The van der Waals surface area contributed by atoms with Gasteiger partial charge in [0.15, 0.2) is 0 Å². The normalized spacial score (nSPS) is 25.0. The van der Waals surface area contributed by atoms with Gasteiger partial charge < -0.3 is 14.9 Å². The highest BCUT2D eigenvalue weighted by molar-refractivity contribution is 5.83. The molecule has 6 nitrogen and oxygen atoms in total. The van der Waals surface area contributed by atoms with Gasteiger partial charge in [-0.2, -0.15) is 0 Å². The molecule has 2 heterocycles. The molecule has 2 aromatic carbocycles. The molecule has 196 valence electrons. The predicted octanol–water partition coefficient (Wildman–Crippen LogP) is 5.64. The Labute approximate surface area is 219 Å². The number of aliphatic hydroxyl groups is 1. The quantitative estimate of drug-likeness (QED) is 0.415. The number of pyridine rings is 1. The molecule has 1 saturated carbocycles. The van der Waals surface area contributed by atoms with E-state index in [2.05, 4.69) is 41.9 Å². The first-order valence-electron chi connectivity index (χ1n) is 13.5. The van der Waals surface area contributed by atoms with Crippen molar-refractivity contribution in [2.75, 3.05) is 20.2 Å². The maximum atomic E-state index is 12.3. The molecule has 0 spiro atoms. The van der Waals surface area contributed by atoms with Crippen molar-refractivity contribution >= 4 is 16.9 Å². The van der Waals surface area contributed by atoms with Gasteiger partial charge in [-0.3, -0.25) is 14.7 Å². The number of hydrogen-bond donors (Lipinski definition) is 2. The third-order valence-electron chi connectivity index (χ3n) is 8.84. The van der Waals surface area contributed by atoms with Crippen molar-refractivity contribution in [3.05, 3.63) is 70.9 Å². The number of piperidine rings is 1. The lowest BCUT2D eigenvalue weighted by Crippen LogP contribution is -2.52. The van der Waals surface area contributed by atoms with Crippen molar-refractivity contribution in [2.24, 2.45) is 11.8 Å². The molecule has 5 rings (SSSR count). The molecule has 0 amide bonds. The van der Waals surface area contributed by atoms with E-state index in [1.54, 1.807) is 13.3 Å². The van der Waals surface area contributed by atoms with E-state index in [0.29, 0.717) is 31.3 Å². The van der Waals surface area contributed by atoms with Crippen LogP contribution in [0, 0.1) is 25.7 Å². The molecule has 1 unspecified atom stereocenters. The van der Waals surface area contributed by atoms with Crippen LogP contribution >= 0.6 is 0 Å². The van der Waals surface area contributed by atoms with Crippen LogP contribution in [0.15, 0.2) is 48.7 Å². The van der Waals surface area contributed by atoms with Crippen LogP contribution in [-0.4, -0.2) is 52.3 Å². The summed E-state index contributed by atoms with van der Waals surface area (Å²) >= 11 is 0. The molecule has 1 aliphatic heterocycles. The first-order chi connectivity index (χ1) is 17.9. The minimum absolute atomic E-state index is 0.0699. The van der Waals surface area contributed by atoms with E-state index in [1.807, 2.05) is 24.3 Å². The summed E-state index contributed by atoms with van der Waals surface area (Å²) in [4.78, 5) is 19.1. The van der Waals surface area contributed by atoms with Crippen LogP contribution in [0.1, 0.15) is 66.4 Å². The van der Waals surface area contributed by atoms with Gasteiger partial charge in [0.25, 0.3) is 0 Å². The average molecular weight is 503 g/mol. The molecular formula is C31H38N2O4. The number of ether oxygens (including phenoxy) is 1. The van der Waals surface area contributed by atoms with Crippen molar-refractivity contribution in [2.45, 2.75) is 64.0 Å². The average Bonchev–Trinajstić information content (AvgIpc) is 2.87. The van der Waals surface area contributed by atoms with Gasteiger partial charge in [-0.05, 0) is 111 Å². The van der Waals surface area contributed by atoms with Gasteiger partial charge in [-0.1, -0.05) is 18.2 Å². The molecule has 2 N–H and O–H groups in total. The molecule has 6 heteroatoms. The number of aromatic nitrogens is 1. The van der Waals surface area contributed by atoms with Gasteiger partial charge in [0, 0.05) is 24.2 Å². The second kappa shape index (κ2) is 10.8. The zero-order valence-electron chi connectivity index (χ0n) is 22.1. The summed E-state index contributed by atoms with van der Waals surface area (Å²) in [6, 6.07) is 14.5. The van der Waals surface area contributed by atoms with Crippen molar-refractivity contribution in [1.29, 1.82) is 0 Å². The third-order valence-corrected chi connectivity index (χ3v) is 8.84. The smallest absolute Gasteiger partial charge is 0.308 e. The maximum absolute atomic E-state index is 12.3. The molecule has 3 aromatic rings. The van der Waals surface area contributed by atoms with Crippen LogP contribution < -0.4 is 4.74 Å². The number of aliphatic carboxylic acids is 1. The number of aryl methyl sites for hydroxylation is 2. The Hall–Kier alpha value is -2.96. The van der Waals surface area contributed by atoms with Gasteiger partial charge in [0.2, 0.25) is 0 Å². The van der Waals surface area contributed by atoms with E-state index in [1.165, 1.54) is 16.7 Å². The maximum Gasteiger partial charge on any atom is 0.308 e. The van der Waals surface area contributed by atoms with Gasteiger partial charge in [0.05, 0.1) is 24.6 Å².